The monoisotopic (exact) mass is 315 g/mol. The minimum Gasteiger partial charge on any atom is -0.376 e. The average molecular weight is 315 g/mol. The molecule has 1 aromatic carbocycles. The molecular formula is C18H25N3O2. The fourth-order valence-electron chi connectivity index (χ4n) is 3.27. The van der Waals surface area contributed by atoms with Crippen molar-refractivity contribution in [3.63, 3.8) is 0 Å². The maximum atomic E-state index is 12.7. The number of benzene rings is 1. The van der Waals surface area contributed by atoms with Gasteiger partial charge in [0.25, 0.3) is 0 Å². The molecule has 0 radical (unpaired) electrons. The lowest BCUT2D eigenvalue weighted by molar-refractivity contribution is -0.133. The minimum absolute atomic E-state index is 0.00767. The van der Waals surface area contributed by atoms with E-state index in [0.29, 0.717) is 19.5 Å². The standard InChI is InChI=1S/C18H25N3O2/c1-2-21(12-14-6-5-9-23-14)18(22)16(19)10-13-11-20-17-8-4-3-7-15(13)17/h3-4,7-8,11,14,16,20H,2,5-6,9-10,12,19H2,1H3/t14?,16-/m0/s1. The van der Waals surface area contributed by atoms with Gasteiger partial charge in [0.05, 0.1) is 12.1 Å². The smallest absolute Gasteiger partial charge is 0.239 e. The Kier molecular flexibility index (Phi) is 4.98. The van der Waals surface area contributed by atoms with Crippen LogP contribution in [0.2, 0.25) is 0 Å². The Balaban J connectivity index is 1.66. The fraction of sp³-hybridized carbons (Fsp3) is 0.500. The number of fused-ring (bicyclic) bond motifs is 1. The lowest BCUT2D eigenvalue weighted by Gasteiger charge is -2.26. The molecule has 1 saturated heterocycles. The van der Waals surface area contributed by atoms with Crippen LogP contribution in [0, 0.1) is 0 Å². The van der Waals surface area contributed by atoms with Crippen LogP contribution in [0.15, 0.2) is 30.5 Å². The van der Waals surface area contributed by atoms with Crippen LogP contribution in [0.5, 0.6) is 0 Å². The SMILES string of the molecule is CCN(CC1CCCO1)C(=O)[C@@H](N)Cc1c[nH]c2ccccc12. The Morgan fingerprint density at radius 3 is 3.04 bits per heavy atom. The van der Waals surface area contributed by atoms with Crippen molar-refractivity contribution in [1.82, 2.24) is 9.88 Å². The van der Waals surface area contributed by atoms with E-state index in [4.69, 9.17) is 10.5 Å². The number of aromatic nitrogens is 1. The van der Waals surface area contributed by atoms with E-state index in [9.17, 15) is 4.79 Å². The minimum atomic E-state index is -0.518. The number of nitrogens with one attached hydrogen (secondary N) is 1. The number of hydrogen-bond acceptors (Lipinski definition) is 3. The number of nitrogens with two attached hydrogens (primary N) is 1. The molecule has 2 aromatic rings. The second-order valence-electron chi connectivity index (χ2n) is 6.18. The van der Waals surface area contributed by atoms with Gasteiger partial charge in [0.1, 0.15) is 0 Å². The van der Waals surface area contributed by atoms with E-state index in [-0.39, 0.29) is 12.0 Å². The normalized spacial score (nSPS) is 19.1. The fourth-order valence-corrected chi connectivity index (χ4v) is 3.27. The number of para-hydroxylation sites is 1. The molecule has 5 heteroatoms. The van der Waals surface area contributed by atoms with Gasteiger partial charge >= 0.3 is 0 Å². The lowest BCUT2D eigenvalue weighted by atomic mass is 10.0. The number of nitrogens with zero attached hydrogens (tertiary/aromatic N) is 1. The summed E-state index contributed by atoms with van der Waals surface area (Å²) < 4.78 is 5.64. The summed E-state index contributed by atoms with van der Waals surface area (Å²) in [4.78, 5) is 17.7. The third-order valence-corrected chi connectivity index (χ3v) is 4.57. The van der Waals surface area contributed by atoms with Crippen molar-refractivity contribution in [3.8, 4) is 0 Å². The highest BCUT2D eigenvalue weighted by Crippen LogP contribution is 2.19. The van der Waals surface area contributed by atoms with E-state index in [1.807, 2.05) is 36.2 Å². The van der Waals surface area contributed by atoms with Crippen molar-refractivity contribution < 1.29 is 9.53 Å². The van der Waals surface area contributed by atoms with Crippen LogP contribution in [0.4, 0.5) is 0 Å². The first-order chi connectivity index (χ1) is 11.2. The van der Waals surface area contributed by atoms with E-state index >= 15 is 0 Å². The molecule has 124 valence electrons. The van der Waals surface area contributed by atoms with Crippen molar-refractivity contribution in [2.24, 2.45) is 5.73 Å². The predicted octanol–water partition coefficient (Wildman–Crippen LogP) is 2.07. The number of carbonyl (C=O) groups excluding carboxylic acids is 1. The van der Waals surface area contributed by atoms with Gasteiger partial charge in [-0.05, 0) is 37.8 Å². The molecule has 1 aromatic heterocycles. The molecule has 5 nitrogen and oxygen atoms in total. The summed E-state index contributed by atoms with van der Waals surface area (Å²) in [6, 6.07) is 7.57. The molecule has 0 saturated carbocycles. The molecule has 2 atom stereocenters. The molecule has 2 heterocycles. The molecule has 3 rings (SSSR count). The van der Waals surface area contributed by atoms with Gasteiger partial charge in [-0.3, -0.25) is 4.79 Å². The number of likely N-dealkylation sites (N-methyl/N-ethyl adjacent to an activating group) is 1. The molecule has 0 spiro atoms. The number of hydrogen-bond donors (Lipinski definition) is 2. The third-order valence-electron chi connectivity index (χ3n) is 4.57. The highest BCUT2D eigenvalue weighted by Gasteiger charge is 2.25. The molecule has 1 aliphatic heterocycles. The van der Waals surface area contributed by atoms with E-state index in [1.54, 1.807) is 0 Å². The maximum absolute atomic E-state index is 12.7. The molecule has 0 aliphatic carbocycles. The van der Waals surface area contributed by atoms with Gasteiger partial charge in [-0.15, -0.1) is 0 Å². The van der Waals surface area contributed by atoms with Crippen molar-refractivity contribution in [2.75, 3.05) is 19.7 Å². The number of aromatic amines is 1. The zero-order valence-electron chi connectivity index (χ0n) is 13.6. The summed E-state index contributed by atoms with van der Waals surface area (Å²) in [7, 11) is 0. The Labute approximate surface area is 136 Å². The largest absolute Gasteiger partial charge is 0.376 e. The average Bonchev–Trinajstić information content (AvgIpc) is 3.22. The molecule has 0 bridgehead atoms. The van der Waals surface area contributed by atoms with E-state index in [1.165, 1.54) is 0 Å². The molecule has 1 amide bonds. The molecular weight excluding hydrogens is 290 g/mol. The van der Waals surface area contributed by atoms with Crippen molar-refractivity contribution in [3.05, 3.63) is 36.0 Å². The van der Waals surface area contributed by atoms with Crippen LogP contribution in [0.3, 0.4) is 0 Å². The van der Waals surface area contributed by atoms with Gasteiger partial charge in [0.15, 0.2) is 0 Å². The van der Waals surface area contributed by atoms with Gasteiger partial charge in [0, 0.05) is 36.8 Å². The van der Waals surface area contributed by atoms with Crippen LogP contribution in [-0.4, -0.2) is 47.6 Å². The summed E-state index contributed by atoms with van der Waals surface area (Å²) in [5.41, 5.74) is 8.37. The number of amides is 1. The highest BCUT2D eigenvalue weighted by molar-refractivity contribution is 5.86. The van der Waals surface area contributed by atoms with Gasteiger partial charge in [-0.2, -0.15) is 0 Å². The summed E-state index contributed by atoms with van der Waals surface area (Å²) >= 11 is 0. The first kappa shape index (κ1) is 16.0. The van der Waals surface area contributed by atoms with E-state index < -0.39 is 6.04 Å². The van der Waals surface area contributed by atoms with Crippen molar-refractivity contribution >= 4 is 16.8 Å². The van der Waals surface area contributed by atoms with Crippen LogP contribution in [0.25, 0.3) is 10.9 Å². The van der Waals surface area contributed by atoms with Crippen molar-refractivity contribution in [2.45, 2.75) is 38.3 Å². The molecule has 1 unspecified atom stereocenters. The maximum Gasteiger partial charge on any atom is 0.239 e. The van der Waals surface area contributed by atoms with E-state index in [2.05, 4.69) is 11.1 Å². The van der Waals surface area contributed by atoms with Crippen LogP contribution >= 0.6 is 0 Å². The first-order valence-electron chi connectivity index (χ1n) is 8.40. The predicted molar refractivity (Wildman–Crippen MR) is 91.2 cm³/mol. The van der Waals surface area contributed by atoms with Gasteiger partial charge < -0.3 is 20.4 Å². The number of rotatable bonds is 6. The van der Waals surface area contributed by atoms with Crippen LogP contribution < -0.4 is 5.73 Å². The Morgan fingerprint density at radius 1 is 1.48 bits per heavy atom. The molecule has 3 N–H and O–H groups in total. The van der Waals surface area contributed by atoms with E-state index in [0.717, 1.165) is 35.9 Å². The summed E-state index contributed by atoms with van der Waals surface area (Å²) in [6.07, 6.45) is 4.78. The second-order valence-corrected chi connectivity index (χ2v) is 6.18. The first-order valence-corrected chi connectivity index (χ1v) is 8.40. The summed E-state index contributed by atoms with van der Waals surface area (Å²) in [6.45, 7) is 4.11. The van der Waals surface area contributed by atoms with Crippen LogP contribution in [0.1, 0.15) is 25.3 Å². The summed E-state index contributed by atoms with van der Waals surface area (Å²) in [5.74, 6) is 0.00767. The van der Waals surface area contributed by atoms with Gasteiger partial charge in [0.2, 0.25) is 5.91 Å². The highest BCUT2D eigenvalue weighted by atomic mass is 16.5. The second kappa shape index (κ2) is 7.15. The number of carbonyl (C=O) groups is 1. The van der Waals surface area contributed by atoms with Crippen molar-refractivity contribution in [1.29, 1.82) is 0 Å². The molecule has 23 heavy (non-hydrogen) atoms. The zero-order chi connectivity index (χ0) is 16.2. The zero-order valence-corrected chi connectivity index (χ0v) is 13.6. The lowest BCUT2D eigenvalue weighted by Crippen LogP contribution is -2.47. The molecule has 1 fully saturated rings. The van der Waals surface area contributed by atoms with Gasteiger partial charge in [-0.1, -0.05) is 18.2 Å². The number of ether oxygens (including phenoxy) is 1. The Morgan fingerprint density at radius 2 is 2.30 bits per heavy atom. The summed E-state index contributed by atoms with van der Waals surface area (Å²) in [5, 5.41) is 1.14. The number of H-pyrrole nitrogens is 1. The topological polar surface area (TPSA) is 71.3 Å². The quantitative estimate of drug-likeness (QED) is 0.857. The molecule has 1 aliphatic rings. The van der Waals surface area contributed by atoms with Crippen LogP contribution in [-0.2, 0) is 16.0 Å². The Bertz CT molecular complexity index is 661. The Hall–Kier alpha value is -1.85. The van der Waals surface area contributed by atoms with Gasteiger partial charge in [-0.25, -0.2) is 0 Å². The third kappa shape index (κ3) is 3.57.